The Labute approximate surface area is 113 Å². The van der Waals surface area contributed by atoms with Gasteiger partial charge in [-0.15, -0.1) is 11.3 Å². The molecule has 0 amide bonds. The van der Waals surface area contributed by atoms with E-state index in [2.05, 4.69) is 40.1 Å². The highest BCUT2D eigenvalue weighted by Gasteiger charge is 2.10. The summed E-state index contributed by atoms with van der Waals surface area (Å²) in [7, 11) is 0. The van der Waals surface area contributed by atoms with Crippen molar-refractivity contribution in [2.45, 2.75) is 26.3 Å². The number of hydrogen-bond acceptors (Lipinski definition) is 4. The topological polar surface area (TPSA) is 38.1 Å². The number of rotatable bonds is 5. The van der Waals surface area contributed by atoms with Crippen LogP contribution in [-0.4, -0.2) is 17.6 Å². The van der Waals surface area contributed by atoms with Crippen LogP contribution < -0.4 is 5.32 Å². The zero-order valence-corrected chi connectivity index (χ0v) is 12.3. The van der Waals surface area contributed by atoms with Crippen LogP contribution in [0, 0.1) is 0 Å². The minimum absolute atomic E-state index is 0.496. The van der Waals surface area contributed by atoms with Crippen molar-refractivity contribution in [2.24, 2.45) is 0 Å². The Balaban J connectivity index is 1.99. The Hall–Kier alpha value is -0.650. The highest BCUT2D eigenvalue weighted by molar-refractivity contribution is 9.10. The summed E-state index contributed by atoms with van der Waals surface area (Å²) in [6.07, 6.45) is 2.61. The second-order valence-electron chi connectivity index (χ2n) is 4.07. The molecule has 0 unspecified atom stereocenters. The van der Waals surface area contributed by atoms with Crippen LogP contribution in [0.1, 0.15) is 19.7 Å². The fourth-order valence-electron chi connectivity index (χ4n) is 1.47. The second-order valence-corrected chi connectivity index (χ2v) is 5.85. The molecule has 0 aliphatic heterocycles. The van der Waals surface area contributed by atoms with Gasteiger partial charge in [0.05, 0.1) is 11.1 Å². The summed E-state index contributed by atoms with van der Waals surface area (Å²) in [5, 5.41) is 5.37. The predicted molar refractivity (Wildman–Crippen MR) is 74.4 cm³/mol. The summed E-state index contributed by atoms with van der Waals surface area (Å²) in [6, 6.07) is 2.51. The lowest BCUT2D eigenvalue weighted by molar-refractivity contribution is 0.485. The average molecular weight is 315 g/mol. The molecule has 0 spiro atoms. The number of nitrogens with one attached hydrogen (secondary N) is 1. The van der Waals surface area contributed by atoms with Gasteiger partial charge in [-0.3, -0.25) is 0 Å². The van der Waals surface area contributed by atoms with E-state index in [0.717, 1.165) is 34.0 Å². The van der Waals surface area contributed by atoms with Crippen molar-refractivity contribution >= 4 is 27.3 Å². The highest BCUT2D eigenvalue weighted by atomic mass is 79.9. The van der Waals surface area contributed by atoms with Crippen molar-refractivity contribution in [3.63, 3.8) is 0 Å². The Kier molecular flexibility index (Phi) is 4.36. The van der Waals surface area contributed by atoms with Gasteiger partial charge >= 0.3 is 0 Å². The van der Waals surface area contributed by atoms with Gasteiger partial charge in [0.1, 0.15) is 0 Å². The lowest BCUT2D eigenvalue weighted by Gasteiger charge is -2.05. The fraction of sp³-hybridized carbons (Fsp3) is 0.417. The third kappa shape index (κ3) is 3.40. The lowest BCUT2D eigenvalue weighted by atomic mass is 10.3. The van der Waals surface area contributed by atoms with Crippen molar-refractivity contribution in [3.05, 3.63) is 28.0 Å². The van der Waals surface area contributed by atoms with E-state index in [-0.39, 0.29) is 0 Å². The molecule has 0 saturated heterocycles. The summed E-state index contributed by atoms with van der Waals surface area (Å²) >= 11 is 5.14. The van der Waals surface area contributed by atoms with Gasteiger partial charge in [-0.05, 0) is 27.4 Å². The summed E-state index contributed by atoms with van der Waals surface area (Å²) < 4.78 is 6.78. The molecule has 92 valence electrons. The van der Waals surface area contributed by atoms with Crippen molar-refractivity contribution in [2.75, 3.05) is 6.54 Å². The highest BCUT2D eigenvalue weighted by Crippen LogP contribution is 2.33. The molecule has 0 aliphatic carbocycles. The monoisotopic (exact) mass is 314 g/mol. The number of hydrogen-bond donors (Lipinski definition) is 1. The first-order chi connectivity index (χ1) is 8.16. The van der Waals surface area contributed by atoms with E-state index in [1.165, 1.54) is 0 Å². The molecule has 2 aromatic rings. The SMILES string of the molecule is CC(C)NCCc1ncc(-c2sccc2Br)o1. The molecule has 0 bridgehead atoms. The van der Waals surface area contributed by atoms with Crippen LogP contribution >= 0.6 is 27.3 Å². The molecule has 2 rings (SSSR count). The summed E-state index contributed by atoms with van der Waals surface area (Å²) in [6.45, 7) is 5.15. The molecule has 5 heteroatoms. The van der Waals surface area contributed by atoms with E-state index in [9.17, 15) is 0 Å². The molecule has 0 saturated carbocycles. The van der Waals surface area contributed by atoms with Gasteiger partial charge in [-0.1, -0.05) is 13.8 Å². The van der Waals surface area contributed by atoms with Crippen LogP contribution in [0.25, 0.3) is 10.6 Å². The first-order valence-corrected chi connectivity index (χ1v) is 7.25. The quantitative estimate of drug-likeness (QED) is 0.914. The third-order valence-corrected chi connectivity index (χ3v) is 4.14. The van der Waals surface area contributed by atoms with E-state index >= 15 is 0 Å². The Bertz CT molecular complexity index is 478. The molecule has 2 aromatic heterocycles. The zero-order chi connectivity index (χ0) is 12.3. The Morgan fingerprint density at radius 3 is 3.00 bits per heavy atom. The summed E-state index contributed by atoms with van der Waals surface area (Å²) in [5.74, 6) is 1.62. The summed E-state index contributed by atoms with van der Waals surface area (Å²) in [5.41, 5.74) is 0. The lowest BCUT2D eigenvalue weighted by Crippen LogP contribution is -2.24. The van der Waals surface area contributed by atoms with Crippen molar-refractivity contribution in [3.8, 4) is 10.6 Å². The maximum absolute atomic E-state index is 5.72. The number of thiophene rings is 1. The van der Waals surface area contributed by atoms with Crippen molar-refractivity contribution in [1.82, 2.24) is 10.3 Å². The Morgan fingerprint density at radius 1 is 1.53 bits per heavy atom. The molecular formula is C12H15BrN2OS. The molecule has 2 heterocycles. The Morgan fingerprint density at radius 2 is 2.35 bits per heavy atom. The van der Waals surface area contributed by atoms with Crippen molar-refractivity contribution < 1.29 is 4.42 Å². The van der Waals surface area contributed by atoms with Gasteiger partial charge in [0.25, 0.3) is 0 Å². The first kappa shape index (κ1) is 12.8. The van der Waals surface area contributed by atoms with Gasteiger partial charge in [0, 0.05) is 23.5 Å². The molecule has 0 aromatic carbocycles. The van der Waals surface area contributed by atoms with E-state index in [1.807, 2.05) is 11.4 Å². The smallest absolute Gasteiger partial charge is 0.196 e. The molecule has 17 heavy (non-hydrogen) atoms. The van der Waals surface area contributed by atoms with E-state index in [1.54, 1.807) is 17.5 Å². The molecular weight excluding hydrogens is 300 g/mol. The van der Waals surface area contributed by atoms with Crippen molar-refractivity contribution in [1.29, 1.82) is 0 Å². The van der Waals surface area contributed by atoms with Crippen LogP contribution in [-0.2, 0) is 6.42 Å². The predicted octanol–water partition coefficient (Wildman–Crippen LogP) is 3.71. The first-order valence-electron chi connectivity index (χ1n) is 5.58. The van der Waals surface area contributed by atoms with Crippen LogP contribution in [0.2, 0.25) is 0 Å². The number of halogens is 1. The van der Waals surface area contributed by atoms with E-state index < -0.39 is 0 Å². The molecule has 0 radical (unpaired) electrons. The van der Waals surface area contributed by atoms with Crippen LogP contribution in [0.4, 0.5) is 0 Å². The minimum atomic E-state index is 0.496. The van der Waals surface area contributed by atoms with Crippen LogP contribution in [0.3, 0.4) is 0 Å². The molecule has 0 aliphatic rings. The maximum Gasteiger partial charge on any atom is 0.196 e. The van der Waals surface area contributed by atoms with Gasteiger partial charge in [-0.25, -0.2) is 4.98 Å². The van der Waals surface area contributed by atoms with Crippen LogP contribution in [0.15, 0.2) is 26.5 Å². The largest absolute Gasteiger partial charge is 0.440 e. The number of aromatic nitrogens is 1. The van der Waals surface area contributed by atoms with Gasteiger partial charge in [0.15, 0.2) is 11.7 Å². The zero-order valence-electron chi connectivity index (χ0n) is 9.87. The standard InChI is InChI=1S/C12H15BrN2OS/c1-8(2)14-5-3-11-15-7-10(16-11)12-9(13)4-6-17-12/h4,6-8,14H,3,5H2,1-2H3. The maximum atomic E-state index is 5.72. The normalized spacial score (nSPS) is 11.3. The molecule has 3 nitrogen and oxygen atoms in total. The van der Waals surface area contributed by atoms with E-state index in [4.69, 9.17) is 4.42 Å². The number of nitrogens with zero attached hydrogens (tertiary/aromatic N) is 1. The molecule has 1 N–H and O–H groups in total. The minimum Gasteiger partial charge on any atom is -0.440 e. The van der Waals surface area contributed by atoms with Gasteiger partial charge in [0.2, 0.25) is 0 Å². The average Bonchev–Trinajstić information content (AvgIpc) is 2.86. The summed E-state index contributed by atoms with van der Waals surface area (Å²) in [4.78, 5) is 5.39. The van der Waals surface area contributed by atoms with Crippen LogP contribution in [0.5, 0.6) is 0 Å². The third-order valence-electron chi connectivity index (χ3n) is 2.29. The molecule has 0 atom stereocenters. The van der Waals surface area contributed by atoms with E-state index in [0.29, 0.717) is 6.04 Å². The fourth-order valence-corrected chi connectivity index (χ4v) is 2.98. The second kappa shape index (κ2) is 5.80. The van der Waals surface area contributed by atoms with Gasteiger partial charge in [-0.2, -0.15) is 0 Å². The van der Waals surface area contributed by atoms with Gasteiger partial charge < -0.3 is 9.73 Å². The molecule has 0 fully saturated rings. The number of oxazole rings is 1.